The summed E-state index contributed by atoms with van der Waals surface area (Å²) in [4.78, 5) is 34.2. The van der Waals surface area contributed by atoms with Gasteiger partial charge in [-0.05, 0) is 51.2 Å². The number of nitrogens with zero attached hydrogens (tertiary/aromatic N) is 2. The molecule has 0 aliphatic heterocycles. The van der Waals surface area contributed by atoms with E-state index in [9.17, 15) is 18.0 Å². The van der Waals surface area contributed by atoms with Gasteiger partial charge in [0.25, 0.3) is 11.5 Å². The number of sulfonamides is 1. The number of carbonyl (C=O) groups excluding carboxylic acids is 1. The fourth-order valence-corrected chi connectivity index (χ4v) is 4.07. The average Bonchev–Trinajstić information content (AvgIpc) is 2.76. The highest BCUT2D eigenvalue weighted by Crippen LogP contribution is 2.26. The highest BCUT2D eigenvalue weighted by Gasteiger charge is 2.24. The van der Waals surface area contributed by atoms with E-state index < -0.39 is 15.9 Å². The Morgan fingerprint density at radius 1 is 1.23 bits per heavy atom. The Bertz CT molecular complexity index is 1280. The van der Waals surface area contributed by atoms with Crippen molar-refractivity contribution in [3.05, 3.63) is 64.2 Å². The lowest BCUT2D eigenvalue weighted by atomic mass is 10.1. The number of nitrogens with one attached hydrogen (secondary N) is 2. The lowest BCUT2D eigenvalue weighted by Gasteiger charge is -2.26. The minimum absolute atomic E-state index is 0.0523. The Morgan fingerprint density at radius 3 is 2.58 bits per heavy atom. The minimum atomic E-state index is -3.84. The van der Waals surface area contributed by atoms with Crippen LogP contribution in [-0.2, 0) is 16.6 Å². The van der Waals surface area contributed by atoms with E-state index in [0.29, 0.717) is 16.7 Å². The number of benzene rings is 2. The number of hydrogen-bond acceptors (Lipinski definition) is 6. The van der Waals surface area contributed by atoms with Crippen molar-refractivity contribution in [1.29, 1.82) is 0 Å². The molecule has 0 saturated carbocycles. The smallest absolute Gasteiger partial charge is 0.258 e. The number of H-pyrrole nitrogens is 1. The molecule has 1 heterocycles. The van der Waals surface area contributed by atoms with Gasteiger partial charge in [0.05, 0.1) is 24.6 Å². The molecule has 1 aromatic heterocycles. The first-order valence-corrected chi connectivity index (χ1v) is 11.1. The van der Waals surface area contributed by atoms with Gasteiger partial charge in [-0.2, -0.15) is 0 Å². The van der Waals surface area contributed by atoms with Crippen LogP contribution < -0.4 is 15.0 Å². The van der Waals surface area contributed by atoms with Gasteiger partial charge in [-0.1, -0.05) is 12.1 Å². The van der Waals surface area contributed by atoms with Gasteiger partial charge in [0.15, 0.2) is 0 Å². The Balaban J connectivity index is 2.00. The zero-order valence-electron chi connectivity index (χ0n) is 17.7. The zero-order valence-corrected chi connectivity index (χ0v) is 18.5. The van der Waals surface area contributed by atoms with E-state index in [1.54, 1.807) is 24.3 Å². The number of hydrogen-bond donors (Lipinski definition) is 2. The molecular weight excluding hydrogens is 420 g/mol. The quantitative estimate of drug-likeness (QED) is 0.574. The second kappa shape index (κ2) is 8.86. The zero-order chi connectivity index (χ0) is 22.8. The monoisotopic (exact) mass is 444 g/mol. The summed E-state index contributed by atoms with van der Waals surface area (Å²) in [5, 5.41) is 0.464. The van der Waals surface area contributed by atoms with Crippen molar-refractivity contribution >= 4 is 26.8 Å². The van der Waals surface area contributed by atoms with Crippen LogP contribution in [0.1, 0.15) is 30.0 Å². The first-order chi connectivity index (χ1) is 14.7. The van der Waals surface area contributed by atoms with Gasteiger partial charge in [0.1, 0.15) is 16.5 Å². The standard InChI is InChI=1S/C21H24N4O5S/c1-13(2)25(12-19-23-16-8-6-5-7-15(16)20(26)24-19)21(27)14-9-10-17(30-4)18(11-14)31(28,29)22-3/h5-11,13,22H,12H2,1-4H3,(H,23,24,26). The number of aromatic amines is 1. The number of rotatable bonds is 7. The van der Waals surface area contributed by atoms with Crippen molar-refractivity contribution in [3.8, 4) is 5.75 Å². The molecule has 3 rings (SSSR count). The third-order valence-corrected chi connectivity index (χ3v) is 6.27. The number of carbonyl (C=O) groups is 1. The lowest BCUT2D eigenvalue weighted by Crippen LogP contribution is -2.37. The van der Waals surface area contributed by atoms with Gasteiger partial charge < -0.3 is 14.6 Å². The Kier molecular flexibility index (Phi) is 6.42. The summed E-state index contributed by atoms with van der Waals surface area (Å²) in [6.07, 6.45) is 0. The number of amides is 1. The Morgan fingerprint density at radius 2 is 1.94 bits per heavy atom. The van der Waals surface area contributed by atoms with Crippen LogP contribution in [0.4, 0.5) is 0 Å². The van der Waals surface area contributed by atoms with Crippen LogP contribution in [0.2, 0.25) is 0 Å². The molecule has 10 heteroatoms. The van der Waals surface area contributed by atoms with Crippen LogP contribution in [0.25, 0.3) is 10.9 Å². The number of para-hydroxylation sites is 1. The van der Waals surface area contributed by atoms with Gasteiger partial charge >= 0.3 is 0 Å². The van der Waals surface area contributed by atoms with E-state index in [-0.39, 0.29) is 34.4 Å². The van der Waals surface area contributed by atoms with E-state index in [2.05, 4.69) is 14.7 Å². The van der Waals surface area contributed by atoms with Crippen molar-refractivity contribution in [3.63, 3.8) is 0 Å². The molecule has 0 aliphatic rings. The van der Waals surface area contributed by atoms with Gasteiger partial charge in [-0.25, -0.2) is 18.1 Å². The molecule has 2 N–H and O–H groups in total. The van der Waals surface area contributed by atoms with Crippen LogP contribution in [-0.4, -0.2) is 49.4 Å². The van der Waals surface area contributed by atoms with Gasteiger partial charge in [-0.15, -0.1) is 0 Å². The molecule has 0 saturated heterocycles. The van der Waals surface area contributed by atoms with Crippen molar-refractivity contribution < 1.29 is 17.9 Å². The molecule has 0 spiro atoms. The third-order valence-electron chi connectivity index (χ3n) is 4.84. The lowest BCUT2D eigenvalue weighted by molar-refractivity contribution is 0.0684. The van der Waals surface area contributed by atoms with Gasteiger partial charge in [0.2, 0.25) is 10.0 Å². The van der Waals surface area contributed by atoms with Crippen LogP contribution in [0.5, 0.6) is 5.75 Å². The van der Waals surface area contributed by atoms with Gasteiger partial charge in [-0.3, -0.25) is 9.59 Å². The molecule has 0 atom stereocenters. The SMILES string of the molecule is CNS(=O)(=O)c1cc(C(=O)N(Cc2nc3ccccc3c(=O)[nH]2)C(C)C)ccc1OC. The predicted molar refractivity (Wildman–Crippen MR) is 117 cm³/mol. The first kappa shape index (κ1) is 22.4. The maximum Gasteiger partial charge on any atom is 0.258 e. The molecule has 0 aliphatic carbocycles. The topological polar surface area (TPSA) is 121 Å². The second-order valence-corrected chi connectivity index (χ2v) is 8.98. The van der Waals surface area contributed by atoms with Crippen molar-refractivity contribution in [2.75, 3.05) is 14.2 Å². The van der Waals surface area contributed by atoms with E-state index in [4.69, 9.17) is 4.74 Å². The summed E-state index contributed by atoms with van der Waals surface area (Å²) in [5.74, 6) is 0.0610. The molecular formula is C21H24N4O5S. The van der Waals surface area contributed by atoms with E-state index in [0.717, 1.165) is 0 Å². The third kappa shape index (κ3) is 4.59. The number of ether oxygens (including phenoxy) is 1. The first-order valence-electron chi connectivity index (χ1n) is 9.58. The Labute approximate surface area is 180 Å². The maximum atomic E-state index is 13.3. The molecule has 0 fully saturated rings. The van der Waals surface area contributed by atoms with Gasteiger partial charge in [0, 0.05) is 11.6 Å². The molecule has 164 valence electrons. The fourth-order valence-electron chi connectivity index (χ4n) is 3.16. The number of aromatic nitrogens is 2. The van der Waals surface area contributed by atoms with E-state index in [1.807, 2.05) is 13.8 Å². The largest absolute Gasteiger partial charge is 0.495 e. The summed E-state index contributed by atoms with van der Waals surface area (Å²) in [6, 6.07) is 10.9. The van der Waals surface area contributed by atoms with Crippen LogP contribution >= 0.6 is 0 Å². The maximum absolute atomic E-state index is 13.3. The average molecular weight is 445 g/mol. The van der Waals surface area contributed by atoms with Crippen molar-refractivity contribution in [1.82, 2.24) is 19.6 Å². The summed E-state index contributed by atoms with van der Waals surface area (Å²) >= 11 is 0. The van der Waals surface area contributed by atoms with E-state index in [1.165, 1.54) is 37.3 Å². The second-order valence-electron chi connectivity index (χ2n) is 7.13. The van der Waals surface area contributed by atoms with Crippen LogP contribution in [0.15, 0.2) is 52.2 Å². The summed E-state index contributed by atoms with van der Waals surface area (Å²) < 4.78 is 32.1. The van der Waals surface area contributed by atoms with Crippen LogP contribution in [0.3, 0.4) is 0 Å². The highest BCUT2D eigenvalue weighted by molar-refractivity contribution is 7.89. The molecule has 1 amide bonds. The summed E-state index contributed by atoms with van der Waals surface area (Å²) in [7, 11) is -1.20. The molecule has 2 aromatic carbocycles. The van der Waals surface area contributed by atoms with Crippen LogP contribution in [0, 0.1) is 0 Å². The summed E-state index contributed by atoms with van der Waals surface area (Å²) in [5.41, 5.74) is 0.416. The molecule has 31 heavy (non-hydrogen) atoms. The normalized spacial score (nSPS) is 11.6. The molecule has 0 unspecified atom stereocenters. The molecule has 0 bridgehead atoms. The van der Waals surface area contributed by atoms with E-state index >= 15 is 0 Å². The Hall–Kier alpha value is -3.24. The van der Waals surface area contributed by atoms with Crippen molar-refractivity contribution in [2.45, 2.75) is 31.3 Å². The number of fused-ring (bicyclic) bond motifs is 1. The highest BCUT2D eigenvalue weighted by atomic mass is 32.2. The minimum Gasteiger partial charge on any atom is -0.495 e. The predicted octanol–water partition coefficient (Wildman–Crippen LogP) is 1.89. The summed E-state index contributed by atoms with van der Waals surface area (Å²) in [6.45, 7) is 3.70. The number of methoxy groups -OCH3 is 1. The fraction of sp³-hybridized carbons (Fsp3) is 0.286. The van der Waals surface area contributed by atoms with Crippen molar-refractivity contribution in [2.24, 2.45) is 0 Å². The molecule has 9 nitrogen and oxygen atoms in total. The molecule has 3 aromatic rings. The molecule has 0 radical (unpaired) electrons.